The summed E-state index contributed by atoms with van der Waals surface area (Å²) in [5.41, 5.74) is 0. The van der Waals surface area contributed by atoms with Gasteiger partial charge in [-0.1, -0.05) is 0 Å². The molecular weight excluding hydrogens is 1120 g/mol. The molecule has 1 unspecified atom stereocenters. The van der Waals surface area contributed by atoms with E-state index in [1.807, 2.05) is 0 Å². The highest BCUT2D eigenvalue weighted by Gasteiger charge is 2.58. The van der Waals surface area contributed by atoms with Crippen molar-refractivity contribution in [3.05, 3.63) is 0 Å². The maximum Gasteiger partial charge on any atom is 0.217 e. The summed E-state index contributed by atoms with van der Waals surface area (Å²) in [5, 5.41) is 237. The van der Waals surface area contributed by atoms with Gasteiger partial charge >= 0.3 is 0 Å². The predicted octanol–water partition coefficient (Wildman–Crippen LogP) is -16.1. The predicted molar refractivity (Wildman–Crippen MR) is 243 cm³/mol. The molecule has 37 nitrogen and oxygen atoms in total. The molecule has 7 heterocycles. The zero-order chi connectivity index (χ0) is 59.6. The number of ether oxygens (including phenoxy) is 13. The fraction of sp³-hybridized carbons (Fsp3) is 0.977. The summed E-state index contributed by atoms with van der Waals surface area (Å²) in [7, 11) is 0. The molecule has 7 aliphatic heterocycles. The molecule has 81 heavy (non-hydrogen) atoms. The summed E-state index contributed by atoms with van der Waals surface area (Å²) >= 11 is 0. The highest BCUT2D eigenvalue weighted by molar-refractivity contribution is 5.73. The molecule has 7 saturated heterocycles. The van der Waals surface area contributed by atoms with Crippen molar-refractivity contribution in [3.63, 3.8) is 0 Å². The molecule has 0 spiro atoms. The second-order valence-corrected chi connectivity index (χ2v) is 20.3. The summed E-state index contributed by atoms with van der Waals surface area (Å²) in [4.78, 5) is 12.0. The molecule has 0 aromatic carbocycles. The van der Waals surface area contributed by atoms with Crippen LogP contribution in [0.5, 0.6) is 0 Å². The van der Waals surface area contributed by atoms with Crippen molar-refractivity contribution in [2.45, 2.75) is 222 Å². The standard InChI is InChI=1S/C44H75NO36/c1-9(53)45-17-20(56)18(54)10(2-46)70-39(17)81-37-19(55)11(3-47)71-44(31(37)67)80-36-16(8-52)75-43(30(66)25(36)61)79-35-15(7-51)74-42(29(65)24(35)60)78-34-14(6-50)73-41(28(64)23(34)59)77-33-13(5-49)72-40(27(63)22(33)58)76-32-12(4-48)69-38(68)26(62)21(32)57/h10-44,46-52,54-68H,2-8H2,1H3,(H,45,53)/t10-,11-,12-,13-,14-,15-,16-,17-,18+,19+,20-,21-,22-,23-,24-,25-,26-,27-,28-,29-,30-,31-,32-,33+,34+,35+,36+,37+,38?,39+,40+,41-,42-,43-,44-/m1/s1. The third-order valence-corrected chi connectivity index (χ3v) is 14.9. The van der Waals surface area contributed by atoms with Gasteiger partial charge < -0.3 is 179 Å². The Hall–Kier alpha value is -1.93. The van der Waals surface area contributed by atoms with Crippen molar-refractivity contribution >= 4 is 5.91 Å². The van der Waals surface area contributed by atoms with E-state index >= 15 is 0 Å². The summed E-state index contributed by atoms with van der Waals surface area (Å²) in [6.45, 7) is -5.88. The Kier molecular flexibility index (Phi) is 23.6. The number of carbonyl (C=O) groups is 1. The van der Waals surface area contributed by atoms with Crippen molar-refractivity contribution in [2.24, 2.45) is 0 Å². The molecule has 472 valence electrons. The molecule has 35 atom stereocenters. The molecule has 7 fully saturated rings. The molecular formula is C44H75NO36. The van der Waals surface area contributed by atoms with Gasteiger partial charge in [0.05, 0.1) is 46.2 Å². The first kappa shape index (κ1) is 66.6. The van der Waals surface area contributed by atoms with Crippen LogP contribution >= 0.6 is 0 Å². The van der Waals surface area contributed by atoms with Crippen molar-refractivity contribution < 1.29 is 179 Å². The van der Waals surface area contributed by atoms with Gasteiger partial charge in [-0.2, -0.15) is 0 Å². The number of rotatable bonds is 20. The molecule has 1 amide bonds. The molecule has 23 N–H and O–H groups in total. The van der Waals surface area contributed by atoms with Crippen molar-refractivity contribution in [1.82, 2.24) is 5.32 Å². The van der Waals surface area contributed by atoms with E-state index in [9.17, 15) is 117 Å². The Morgan fingerprint density at radius 3 is 0.877 bits per heavy atom. The lowest BCUT2D eigenvalue weighted by Gasteiger charge is -2.50. The van der Waals surface area contributed by atoms with Gasteiger partial charge in [-0.05, 0) is 0 Å². The lowest BCUT2D eigenvalue weighted by molar-refractivity contribution is -0.397. The normalized spacial score (nSPS) is 51.9. The summed E-state index contributed by atoms with van der Waals surface area (Å²) in [6.07, 6.45) is -65.7. The molecule has 0 radical (unpaired) electrons. The molecule has 0 bridgehead atoms. The highest BCUT2D eigenvalue weighted by Crippen LogP contribution is 2.38. The van der Waals surface area contributed by atoms with E-state index in [1.165, 1.54) is 0 Å². The topological polar surface area (TPSA) is 594 Å². The average molecular weight is 1190 g/mol. The average Bonchev–Trinajstić information content (AvgIpc) is 3.56. The van der Waals surface area contributed by atoms with Crippen LogP contribution < -0.4 is 5.32 Å². The maximum absolute atomic E-state index is 12.0. The van der Waals surface area contributed by atoms with Crippen LogP contribution in [0, 0.1) is 0 Å². The van der Waals surface area contributed by atoms with Crippen molar-refractivity contribution in [3.8, 4) is 0 Å². The van der Waals surface area contributed by atoms with Gasteiger partial charge in [0.1, 0.15) is 171 Å². The van der Waals surface area contributed by atoms with Gasteiger partial charge in [0.25, 0.3) is 0 Å². The Bertz CT molecular complexity index is 1930. The highest BCUT2D eigenvalue weighted by atomic mass is 16.8. The second-order valence-electron chi connectivity index (χ2n) is 20.3. The van der Waals surface area contributed by atoms with Crippen LogP contribution in [0.3, 0.4) is 0 Å². The number of amides is 1. The van der Waals surface area contributed by atoms with Crippen LogP contribution in [-0.4, -0.2) is 379 Å². The van der Waals surface area contributed by atoms with Gasteiger partial charge in [0.2, 0.25) is 5.91 Å². The van der Waals surface area contributed by atoms with Crippen LogP contribution in [0.1, 0.15) is 6.92 Å². The zero-order valence-corrected chi connectivity index (χ0v) is 42.7. The van der Waals surface area contributed by atoms with E-state index in [0.717, 1.165) is 6.92 Å². The Morgan fingerprint density at radius 1 is 0.296 bits per heavy atom. The van der Waals surface area contributed by atoms with Crippen molar-refractivity contribution in [2.75, 3.05) is 46.2 Å². The van der Waals surface area contributed by atoms with Gasteiger partial charge in [-0.25, -0.2) is 0 Å². The Morgan fingerprint density at radius 2 is 0.556 bits per heavy atom. The maximum atomic E-state index is 12.0. The van der Waals surface area contributed by atoms with Crippen LogP contribution in [-0.2, 0) is 66.4 Å². The first-order chi connectivity index (χ1) is 38.4. The van der Waals surface area contributed by atoms with Gasteiger partial charge in [0, 0.05) is 6.92 Å². The van der Waals surface area contributed by atoms with E-state index in [-0.39, 0.29) is 0 Å². The molecule has 7 rings (SSSR count). The molecule has 37 heteroatoms. The number of aliphatic hydroxyl groups is 22. The van der Waals surface area contributed by atoms with Crippen LogP contribution in [0.4, 0.5) is 0 Å². The molecule has 0 aromatic heterocycles. The van der Waals surface area contributed by atoms with Gasteiger partial charge in [0.15, 0.2) is 44.0 Å². The number of hydrogen-bond acceptors (Lipinski definition) is 36. The minimum atomic E-state index is -2.24. The fourth-order valence-corrected chi connectivity index (χ4v) is 10.4. The lowest BCUT2D eigenvalue weighted by Crippen LogP contribution is -2.69. The van der Waals surface area contributed by atoms with Crippen molar-refractivity contribution in [1.29, 1.82) is 0 Å². The molecule has 7 aliphatic rings. The molecule has 0 aromatic rings. The molecule has 0 aliphatic carbocycles. The fourth-order valence-electron chi connectivity index (χ4n) is 10.4. The molecule has 0 saturated carbocycles. The smallest absolute Gasteiger partial charge is 0.217 e. The zero-order valence-electron chi connectivity index (χ0n) is 42.7. The van der Waals surface area contributed by atoms with E-state index in [1.54, 1.807) is 0 Å². The third kappa shape index (κ3) is 13.9. The van der Waals surface area contributed by atoms with Gasteiger partial charge in [-0.3, -0.25) is 4.79 Å². The quantitative estimate of drug-likeness (QED) is 0.0538. The van der Waals surface area contributed by atoms with Crippen LogP contribution in [0.15, 0.2) is 0 Å². The second kappa shape index (κ2) is 28.7. The summed E-state index contributed by atoms with van der Waals surface area (Å²) in [5.74, 6) is -0.749. The number of nitrogens with one attached hydrogen (secondary N) is 1. The first-order valence-electron chi connectivity index (χ1n) is 25.6. The minimum Gasteiger partial charge on any atom is -0.394 e. The number of aliphatic hydroxyl groups excluding tert-OH is 22. The van der Waals surface area contributed by atoms with E-state index in [0.29, 0.717) is 0 Å². The summed E-state index contributed by atoms with van der Waals surface area (Å²) < 4.78 is 72.7. The SMILES string of the molecule is CC(=O)N[C@H]1[C@H](O[C@H]2[C@@H](O)[C@@H](CO)O[C@H](O[C@@H]3[C@H](O)[C@@H](O)[C@@H](O[C@@H]4[C@H](O)[C@@H](O)[C@@H](O[C@@H]5[C@H](O)[C@@H](O)[C@@H](O[C@@H]6[C@H](O)[C@@H](O)[C@H](O[C@H]7[C@H](O)[C@@H](O)C(O)O[C@@H]7CO)O[C@@H]6CO)O[C@@H]5CO)O[C@@H]4CO)O[C@@H]3CO)[C@@H]2O)O[C@H](CO)[C@H](O)[C@@H]1O. The Labute approximate surface area is 457 Å². The van der Waals surface area contributed by atoms with Gasteiger partial charge in [-0.15, -0.1) is 0 Å². The summed E-state index contributed by atoms with van der Waals surface area (Å²) in [6, 6.07) is -1.57. The monoisotopic (exact) mass is 1190 g/mol. The number of carbonyl (C=O) groups excluding carboxylic acids is 1. The van der Waals surface area contributed by atoms with E-state index in [2.05, 4.69) is 5.32 Å². The third-order valence-electron chi connectivity index (χ3n) is 14.9. The largest absolute Gasteiger partial charge is 0.394 e. The lowest BCUT2D eigenvalue weighted by atomic mass is 9.94. The minimum absolute atomic E-state index is 0.749. The van der Waals surface area contributed by atoms with Crippen LogP contribution in [0.2, 0.25) is 0 Å². The Balaban J connectivity index is 0.969. The van der Waals surface area contributed by atoms with Crippen LogP contribution in [0.25, 0.3) is 0 Å². The van der Waals surface area contributed by atoms with E-state index in [4.69, 9.17) is 61.6 Å². The number of hydrogen-bond donors (Lipinski definition) is 23. The van der Waals surface area contributed by atoms with E-state index < -0.39 is 267 Å². The first-order valence-corrected chi connectivity index (χ1v) is 25.6.